The summed E-state index contributed by atoms with van der Waals surface area (Å²) in [7, 11) is 0. The van der Waals surface area contributed by atoms with Crippen LogP contribution in [0.3, 0.4) is 0 Å². The molecular formula is C14H25N. The molecule has 0 amide bonds. The van der Waals surface area contributed by atoms with E-state index in [9.17, 15) is 0 Å². The molecule has 1 heteroatoms. The molecule has 3 rings (SSSR count). The Hall–Kier alpha value is -0.0400. The lowest BCUT2D eigenvalue weighted by Gasteiger charge is -2.48. The van der Waals surface area contributed by atoms with E-state index in [0.717, 1.165) is 23.7 Å². The largest absolute Gasteiger partial charge is 0.327 e. The zero-order valence-corrected chi connectivity index (χ0v) is 9.83. The molecule has 15 heavy (non-hydrogen) atoms. The smallest absolute Gasteiger partial charge is 0.00699 e. The molecule has 0 spiro atoms. The van der Waals surface area contributed by atoms with E-state index in [0.29, 0.717) is 6.04 Å². The van der Waals surface area contributed by atoms with Crippen molar-refractivity contribution in [1.29, 1.82) is 0 Å². The third-order valence-corrected chi connectivity index (χ3v) is 5.51. The van der Waals surface area contributed by atoms with E-state index in [2.05, 4.69) is 0 Å². The Balaban J connectivity index is 1.71. The van der Waals surface area contributed by atoms with E-state index in [1.165, 1.54) is 57.8 Å². The molecular weight excluding hydrogens is 182 g/mol. The van der Waals surface area contributed by atoms with Crippen LogP contribution in [0.1, 0.15) is 57.8 Å². The zero-order valence-electron chi connectivity index (χ0n) is 9.83. The third-order valence-electron chi connectivity index (χ3n) is 5.51. The van der Waals surface area contributed by atoms with Gasteiger partial charge in [-0.05, 0) is 42.9 Å². The summed E-state index contributed by atoms with van der Waals surface area (Å²) in [5.74, 6) is 4.06. The van der Waals surface area contributed by atoms with Crippen molar-refractivity contribution in [2.45, 2.75) is 63.8 Å². The topological polar surface area (TPSA) is 26.0 Å². The highest BCUT2D eigenvalue weighted by Gasteiger charge is 2.41. The second-order valence-corrected chi connectivity index (χ2v) is 6.29. The first-order valence-corrected chi connectivity index (χ1v) is 7.10. The fourth-order valence-electron chi connectivity index (χ4n) is 4.70. The van der Waals surface area contributed by atoms with Gasteiger partial charge in [0.1, 0.15) is 0 Å². The molecule has 5 atom stereocenters. The Morgan fingerprint density at radius 3 is 2.13 bits per heavy atom. The van der Waals surface area contributed by atoms with Gasteiger partial charge in [0.25, 0.3) is 0 Å². The quantitative estimate of drug-likeness (QED) is 0.648. The maximum atomic E-state index is 6.31. The van der Waals surface area contributed by atoms with Crippen LogP contribution in [-0.2, 0) is 0 Å². The first kappa shape index (κ1) is 10.1. The molecule has 0 aromatic carbocycles. The standard InChI is InChI=1S/C14H25N/c15-14-7-3-6-12-8-10-4-1-2-5-11(10)9-13(12)14/h10-14H,1-9,15H2. The van der Waals surface area contributed by atoms with Crippen molar-refractivity contribution in [2.75, 3.05) is 0 Å². The predicted octanol–water partition coefficient (Wildman–Crippen LogP) is 3.33. The molecule has 0 saturated heterocycles. The van der Waals surface area contributed by atoms with Crippen molar-refractivity contribution in [2.24, 2.45) is 29.4 Å². The summed E-state index contributed by atoms with van der Waals surface area (Å²) in [4.78, 5) is 0. The van der Waals surface area contributed by atoms with Crippen LogP contribution in [0.2, 0.25) is 0 Å². The first-order chi connectivity index (χ1) is 7.34. The predicted molar refractivity (Wildman–Crippen MR) is 63.5 cm³/mol. The lowest BCUT2D eigenvalue weighted by Crippen LogP contribution is -2.45. The average molecular weight is 207 g/mol. The lowest BCUT2D eigenvalue weighted by molar-refractivity contribution is 0.0407. The summed E-state index contributed by atoms with van der Waals surface area (Å²) >= 11 is 0. The zero-order chi connectivity index (χ0) is 10.3. The lowest BCUT2D eigenvalue weighted by atomic mass is 9.59. The van der Waals surface area contributed by atoms with Gasteiger partial charge in [-0.1, -0.05) is 38.5 Å². The molecule has 3 aliphatic rings. The first-order valence-electron chi connectivity index (χ1n) is 7.10. The Kier molecular flexibility index (Phi) is 2.76. The minimum absolute atomic E-state index is 0.548. The van der Waals surface area contributed by atoms with E-state index < -0.39 is 0 Å². The summed E-state index contributed by atoms with van der Waals surface area (Å²) in [5, 5.41) is 0. The van der Waals surface area contributed by atoms with E-state index >= 15 is 0 Å². The SMILES string of the molecule is NC1CCCC2CC3CCCCC3CC12. The average Bonchev–Trinajstić information content (AvgIpc) is 2.27. The van der Waals surface area contributed by atoms with Crippen molar-refractivity contribution in [3.8, 4) is 0 Å². The summed E-state index contributed by atoms with van der Waals surface area (Å²) in [6.45, 7) is 0. The molecule has 3 saturated carbocycles. The van der Waals surface area contributed by atoms with E-state index in [1.54, 1.807) is 0 Å². The monoisotopic (exact) mass is 207 g/mol. The molecule has 0 aromatic rings. The molecule has 0 heterocycles. The van der Waals surface area contributed by atoms with Crippen molar-refractivity contribution in [1.82, 2.24) is 0 Å². The molecule has 86 valence electrons. The minimum atomic E-state index is 0.548. The van der Waals surface area contributed by atoms with Crippen molar-refractivity contribution in [3.63, 3.8) is 0 Å². The van der Waals surface area contributed by atoms with Crippen LogP contribution in [0.5, 0.6) is 0 Å². The van der Waals surface area contributed by atoms with Crippen molar-refractivity contribution < 1.29 is 0 Å². The summed E-state index contributed by atoms with van der Waals surface area (Å²) in [5.41, 5.74) is 6.31. The number of rotatable bonds is 0. The van der Waals surface area contributed by atoms with Gasteiger partial charge in [-0.25, -0.2) is 0 Å². The molecule has 2 N–H and O–H groups in total. The Bertz CT molecular complexity index is 225. The maximum absolute atomic E-state index is 6.31. The molecule has 0 radical (unpaired) electrons. The van der Waals surface area contributed by atoms with Crippen LogP contribution >= 0.6 is 0 Å². The second kappa shape index (κ2) is 4.08. The van der Waals surface area contributed by atoms with Crippen LogP contribution in [0.25, 0.3) is 0 Å². The molecule has 3 fully saturated rings. The van der Waals surface area contributed by atoms with Crippen LogP contribution < -0.4 is 5.73 Å². The Morgan fingerprint density at radius 1 is 0.667 bits per heavy atom. The van der Waals surface area contributed by atoms with Gasteiger partial charge in [0.05, 0.1) is 0 Å². The Labute approximate surface area is 93.8 Å². The summed E-state index contributed by atoms with van der Waals surface area (Å²) in [6.07, 6.45) is 13.3. The molecule has 0 bridgehead atoms. The van der Waals surface area contributed by atoms with Crippen LogP contribution in [-0.4, -0.2) is 6.04 Å². The molecule has 3 aliphatic carbocycles. The van der Waals surface area contributed by atoms with Crippen molar-refractivity contribution in [3.05, 3.63) is 0 Å². The highest BCUT2D eigenvalue weighted by atomic mass is 14.7. The molecule has 0 aliphatic heterocycles. The van der Waals surface area contributed by atoms with Crippen molar-refractivity contribution >= 4 is 0 Å². The maximum Gasteiger partial charge on any atom is 0.00699 e. The number of hydrogen-bond acceptors (Lipinski definition) is 1. The number of hydrogen-bond donors (Lipinski definition) is 1. The van der Waals surface area contributed by atoms with E-state index in [1.807, 2.05) is 0 Å². The van der Waals surface area contributed by atoms with Gasteiger partial charge in [-0.15, -0.1) is 0 Å². The van der Waals surface area contributed by atoms with Crippen LogP contribution in [0, 0.1) is 23.7 Å². The fraction of sp³-hybridized carbons (Fsp3) is 1.00. The van der Waals surface area contributed by atoms with Gasteiger partial charge in [0.2, 0.25) is 0 Å². The fourth-order valence-corrected chi connectivity index (χ4v) is 4.70. The van der Waals surface area contributed by atoms with Gasteiger partial charge in [-0.2, -0.15) is 0 Å². The third kappa shape index (κ3) is 1.84. The van der Waals surface area contributed by atoms with Gasteiger partial charge < -0.3 is 5.73 Å². The second-order valence-electron chi connectivity index (χ2n) is 6.29. The molecule has 1 nitrogen and oxygen atoms in total. The van der Waals surface area contributed by atoms with Crippen LogP contribution in [0.4, 0.5) is 0 Å². The van der Waals surface area contributed by atoms with E-state index in [4.69, 9.17) is 5.73 Å². The summed E-state index contributed by atoms with van der Waals surface area (Å²) in [6, 6.07) is 0.548. The van der Waals surface area contributed by atoms with E-state index in [-0.39, 0.29) is 0 Å². The molecule has 5 unspecified atom stereocenters. The van der Waals surface area contributed by atoms with Gasteiger partial charge in [0.15, 0.2) is 0 Å². The highest BCUT2D eigenvalue weighted by Crippen LogP contribution is 2.49. The summed E-state index contributed by atoms with van der Waals surface area (Å²) < 4.78 is 0. The molecule has 0 aromatic heterocycles. The number of nitrogens with two attached hydrogens (primary N) is 1. The number of fused-ring (bicyclic) bond motifs is 2. The Morgan fingerprint density at radius 2 is 1.33 bits per heavy atom. The van der Waals surface area contributed by atoms with Gasteiger partial charge in [0, 0.05) is 6.04 Å². The van der Waals surface area contributed by atoms with Gasteiger partial charge >= 0.3 is 0 Å². The minimum Gasteiger partial charge on any atom is -0.327 e. The van der Waals surface area contributed by atoms with Crippen LogP contribution in [0.15, 0.2) is 0 Å². The normalized spacial score (nSPS) is 50.6. The highest BCUT2D eigenvalue weighted by molar-refractivity contribution is 4.94. The van der Waals surface area contributed by atoms with Gasteiger partial charge in [-0.3, -0.25) is 0 Å².